The molecule has 0 saturated heterocycles. The Labute approximate surface area is 123 Å². The van der Waals surface area contributed by atoms with Gasteiger partial charge >= 0.3 is 0 Å². The molecule has 0 atom stereocenters. The fourth-order valence-electron chi connectivity index (χ4n) is 1.86. The molecule has 3 aromatic rings. The summed E-state index contributed by atoms with van der Waals surface area (Å²) in [6, 6.07) is 7.67. The van der Waals surface area contributed by atoms with Crippen molar-refractivity contribution in [3.63, 3.8) is 0 Å². The summed E-state index contributed by atoms with van der Waals surface area (Å²) in [7, 11) is 0. The number of carboxylic acids is 1. The fraction of sp³-hybridized carbons (Fsp3) is 0.143. The molecule has 0 N–H and O–H groups in total. The van der Waals surface area contributed by atoms with Crippen molar-refractivity contribution in [1.29, 1.82) is 0 Å². The van der Waals surface area contributed by atoms with E-state index in [0.717, 1.165) is 14.6 Å². The first kappa shape index (κ1) is 13.1. The van der Waals surface area contributed by atoms with Crippen LogP contribution in [0, 0.1) is 6.92 Å². The second-order valence-electron chi connectivity index (χ2n) is 4.23. The van der Waals surface area contributed by atoms with Gasteiger partial charge in [-0.05, 0) is 30.5 Å². The molecule has 0 aromatic carbocycles. The summed E-state index contributed by atoms with van der Waals surface area (Å²) in [6.45, 7) is 2.00. The van der Waals surface area contributed by atoms with Gasteiger partial charge in [0, 0.05) is 17.3 Å². The Kier molecular flexibility index (Phi) is 3.42. The molecule has 0 unspecified atom stereocenters. The molecule has 0 spiro atoms. The highest BCUT2D eigenvalue weighted by Gasteiger charge is 2.18. The highest BCUT2D eigenvalue weighted by Crippen LogP contribution is 2.35. The van der Waals surface area contributed by atoms with Crippen LogP contribution in [0.5, 0.6) is 0 Å². The molecule has 0 aliphatic carbocycles. The Morgan fingerprint density at radius 3 is 2.80 bits per heavy atom. The molecular formula is C14H10NO3S2-. The Bertz CT molecular complexity index is 740. The van der Waals surface area contributed by atoms with Gasteiger partial charge in [0.1, 0.15) is 0 Å². The summed E-state index contributed by atoms with van der Waals surface area (Å²) in [6.07, 6.45) is -0.249. The van der Waals surface area contributed by atoms with Crippen LogP contribution in [-0.4, -0.2) is 11.0 Å². The van der Waals surface area contributed by atoms with Gasteiger partial charge < -0.3 is 14.3 Å². The van der Waals surface area contributed by atoms with Crippen molar-refractivity contribution >= 4 is 28.6 Å². The van der Waals surface area contributed by atoms with E-state index < -0.39 is 5.97 Å². The zero-order valence-electron chi connectivity index (χ0n) is 10.6. The van der Waals surface area contributed by atoms with Crippen molar-refractivity contribution in [3.05, 3.63) is 40.2 Å². The lowest BCUT2D eigenvalue weighted by Crippen LogP contribution is -2.24. The maximum atomic E-state index is 10.9. The van der Waals surface area contributed by atoms with Crippen LogP contribution >= 0.6 is 22.7 Å². The van der Waals surface area contributed by atoms with E-state index in [9.17, 15) is 9.90 Å². The van der Waals surface area contributed by atoms with Crippen LogP contribution in [-0.2, 0) is 11.2 Å². The number of carbonyl (C=O) groups excluding carboxylic acids is 1. The summed E-state index contributed by atoms with van der Waals surface area (Å²) in [5, 5.41) is 12.8. The molecular weight excluding hydrogens is 294 g/mol. The predicted octanol–water partition coefficient (Wildman–Crippen LogP) is 2.73. The topological polar surface area (TPSA) is 66.2 Å². The van der Waals surface area contributed by atoms with Crippen LogP contribution in [0.25, 0.3) is 21.4 Å². The number of nitrogens with zero attached hydrogens (tertiary/aromatic N) is 1. The third-order valence-electron chi connectivity index (χ3n) is 2.71. The lowest BCUT2D eigenvalue weighted by Gasteiger charge is -1.99. The van der Waals surface area contributed by atoms with Crippen LogP contribution in [0.1, 0.15) is 10.6 Å². The van der Waals surface area contributed by atoms with E-state index in [1.54, 1.807) is 11.3 Å². The molecule has 3 heterocycles. The van der Waals surface area contributed by atoms with E-state index in [2.05, 4.69) is 4.98 Å². The molecule has 3 aromatic heterocycles. The van der Waals surface area contributed by atoms with Gasteiger partial charge in [-0.15, -0.1) is 22.7 Å². The Hall–Kier alpha value is -1.92. The number of thiophene rings is 2. The largest absolute Gasteiger partial charge is 0.550 e. The van der Waals surface area contributed by atoms with Gasteiger partial charge in [0.25, 0.3) is 0 Å². The highest BCUT2D eigenvalue weighted by atomic mass is 32.1. The first-order valence-corrected chi connectivity index (χ1v) is 7.63. The fourth-order valence-corrected chi connectivity index (χ4v) is 3.38. The monoisotopic (exact) mass is 304 g/mol. The lowest BCUT2D eigenvalue weighted by molar-refractivity contribution is -0.304. The number of carbonyl (C=O) groups is 1. The predicted molar refractivity (Wildman–Crippen MR) is 76.6 cm³/mol. The molecule has 3 rings (SSSR count). The van der Waals surface area contributed by atoms with E-state index in [1.807, 2.05) is 36.6 Å². The summed E-state index contributed by atoms with van der Waals surface area (Å²) < 4.78 is 5.78. The average Bonchev–Trinajstić information content (AvgIpc) is 3.07. The smallest absolute Gasteiger partial charge is 0.237 e. The first-order chi connectivity index (χ1) is 9.63. The molecule has 0 saturated carbocycles. The summed E-state index contributed by atoms with van der Waals surface area (Å²) in [5.41, 5.74) is 0.411. The number of aromatic nitrogens is 1. The van der Waals surface area contributed by atoms with Gasteiger partial charge in [-0.25, -0.2) is 4.98 Å². The number of hydrogen-bond donors (Lipinski definition) is 0. The average molecular weight is 304 g/mol. The van der Waals surface area contributed by atoms with Gasteiger partial charge in [0.15, 0.2) is 5.76 Å². The molecule has 20 heavy (non-hydrogen) atoms. The van der Waals surface area contributed by atoms with E-state index >= 15 is 0 Å². The van der Waals surface area contributed by atoms with Crippen molar-refractivity contribution in [2.24, 2.45) is 0 Å². The number of aryl methyl sites for hydroxylation is 1. The summed E-state index contributed by atoms with van der Waals surface area (Å²) in [5.74, 6) is -0.182. The summed E-state index contributed by atoms with van der Waals surface area (Å²) >= 11 is 3.05. The number of oxazole rings is 1. The van der Waals surface area contributed by atoms with Gasteiger partial charge in [-0.3, -0.25) is 0 Å². The number of aliphatic carboxylic acids is 1. The second-order valence-corrected chi connectivity index (χ2v) is 6.47. The van der Waals surface area contributed by atoms with Gasteiger partial charge in [-0.2, -0.15) is 0 Å². The van der Waals surface area contributed by atoms with E-state index in [4.69, 9.17) is 4.42 Å². The second kappa shape index (κ2) is 5.22. The molecule has 0 aliphatic heterocycles. The molecule has 102 valence electrons. The molecule has 0 aliphatic rings. The third kappa shape index (κ3) is 2.52. The molecule has 6 heteroatoms. The molecule has 0 radical (unpaired) electrons. The van der Waals surface area contributed by atoms with Crippen LogP contribution < -0.4 is 5.11 Å². The van der Waals surface area contributed by atoms with E-state index in [0.29, 0.717) is 17.3 Å². The zero-order valence-corrected chi connectivity index (χ0v) is 12.2. The quantitative estimate of drug-likeness (QED) is 0.743. The normalized spacial score (nSPS) is 10.8. The van der Waals surface area contributed by atoms with Gasteiger partial charge in [0.05, 0.1) is 15.4 Å². The van der Waals surface area contributed by atoms with Crippen LogP contribution in [0.4, 0.5) is 0 Å². The van der Waals surface area contributed by atoms with Crippen molar-refractivity contribution < 1.29 is 14.3 Å². The minimum Gasteiger partial charge on any atom is -0.550 e. The zero-order chi connectivity index (χ0) is 14.1. The van der Waals surface area contributed by atoms with Gasteiger partial charge in [0.2, 0.25) is 5.89 Å². The highest BCUT2D eigenvalue weighted by molar-refractivity contribution is 7.15. The minimum atomic E-state index is -1.16. The standard InChI is InChI=1S/C14H11NO3S2/c1-8-4-5-11(20-8)14-15-9(7-12(16)17)13(18-14)10-3-2-6-19-10/h2-6H,7H2,1H3,(H,16,17)/p-1. The van der Waals surface area contributed by atoms with Crippen LogP contribution in [0.2, 0.25) is 0 Å². The van der Waals surface area contributed by atoms with Crippen molar-refractivity contribution in [3.8, 4) is 21.4 Å². The lowest BCUT2D eigenvalue weighted by atomic mass is 10.2. The van der Waals surface area contributed by atoms with Crippen molar-refractivity contribution in [1.82, 2.24) is 4.98 Å². The first-order valence-electron chi connectivity index (χ1n) is 5.93. The SMILES string of the molecule is Cc1ccc(-c2nc(CC(=O)[O-])c(-c3cccs3)o2)s1. The molecule has 0 bridgehead atoms. The van der Waals surface area contributed by atoms with E-state index in [-0.39, 0.29) is 6.42 Å². The van der Waals surface area contributed by atoms with E-state index in [1.165, 1.54) is 11.3 Å². The van der Waals surface area contributed by atoms with Crippen LogP contribution in [0.3, 0.4) is 0 Å². The van der Waals surface area contributed by atoms with Gasteiger partial charge in [-0.1, -0.05) is 6.07 Å². The Morgan fingerprint density at radius 1 is 1.35 bits per heavy atom. The minimum absolute atomic E-state index is 0.249. The molecule has 4 nitrogen and oxygen atoms in total. The van der Waals surface area contributed by atoms with Crippen molar-refractivity contribution in [2.75, 3.05) is 0 Å². The number of carboxylic acid groups (broad SMARTS) is 1. The number of hydrogen-bond acceptors (Lipinski definition) is 6. The summed E-state index contributed by atoms with van der Waals surface area (Å²) in [4.78, 5) is 18.1. The number of rotatable bonds is 4. The molecule has 0 amide bonds. The molecule has 0 fully saturated rings. The Morgan fingerprint density at radius 2 is 2.20 bits per heavy atom. The maximum absolute atomic E-state index is 10.9. The Balaban J connectivity index is 2.08. The van der Waals surface area contributed by atoms with Crippen molar-refractivity contribution in [2.45, 2.75) is 13.3 Å². The maximum Gasteiger partial charge on any atom is 0.237 e. The van der Waals surface area contributed by atoms with Crippen LogP contribution in [0.15, 0.2) is 34.1 Å². The third-order valence-corrected chi connectivity index (χ3v) is 4.56.